The lowest BCUT2D eigenvalue weighted by atomic mass is 9.61. The first-order valence-electron chi connectivity index (χ1n) is 12.3. The van der Waals surface area contributed by atoms with E-state index >= 15 is 0 Å². The summed E-state index contributed by atoms with van der Waals surface area (Å²) in [6.45, 7) is 16.0. The third-order valence-corrected chi connectivity index (χ3v) is 8.71. The molecule has 3 saturated carbocycles. The number of aliphatic hydroxyl groups is 2. The molecule has 2 nitrogen and oxygen atoms in total. The molecule has 3 aliphatic carbocycles. The van der Waals surface area contributed by atoms with Gasteiger partial charge in [0.1, 0.15) is 0 Å². The largest absolute Gasteiger partial charge is 0.393 e. The number of aliphatic hydroxyl groups excluding tert-OH is 2. The van der Waals surface area contributed by atoms with Crippen molar-refractivity contribution in [2.75, 3.05) is 0 Å². The Kier molecular flexibility index (Phi) is 7.51. The van der Waals surface area contributed by atoms with E-state index in [2.05, 4.69) is 65.5 Å². The minimum absolute atomic E-state index is 0.385. The maximum atomic E-state index is 10.1. The smallest absolute Gasteiger partial charge is 0.0811 e. The maximum absolute atomic E-state index is 10.1. The fraction of sp³-hybridized carbons (Fsp3) is 0.714. The van der Waals surface area contributed by atoms with Gasteiger partial charge in [-0.1, -0.05) is 71.1 Å². The SMILES string of the molecule is C=C1/C(=C/C=C2\CCC[C@@]3(C)C2CCC3[C@H](C)/C=C/[C@H](C)C(C)C)C[C@@H](O)CC1O. The summed E-state index contributed by atoms with van der Waals surface area (Å²) in [5.41, 5.74) is 3.77. The average molecular weight is 413 g/mol. The van der Waals surface area contributed by atoms with Crippen LogP contribution in [0, 0.1) is 35.0 Å². The first-order chi connectivity index (χ1) is 14.1. The van der Waals surface area contributed by atoms with Crippen molar-refractivity contribution in [1.29, 1.82) is 0 Å². The van der Waals surface area contributed by atoms with Gasteiger partial charge in [-0.25, -0.2) is 0 Å². The van der Waals surface area contributed by atoms with E-state index in [0.717, 1.165) is 17.1 Å². The van der Waals surface area contributed by atoms with Crippen molar-refractivity contribution in [3.05, 3.63) is 47.6 Å². The zero-order valence-corrected chi connectivity index (χ0v) is 19.9. The summed E-state index contributed by atoms with van der Waals surface area (Å²) in [6.07, 6.45) is 15.8. The first-order valence-corrected chi connectivity index (χ1v) is 12.3. The standard InChI is InChI=1S/C28H44O2/c1-18(2)19(3)9-10-20(4)25-13-14-26-22(8-7-15-28(25,26)6)11-12-23-16-24(29)17-27(30)21(23)5/h9-12,18-20,24-27,29-30H,5,7-8,13-17H2,1-4,6H3/b10-9+,22-11+,23-12+/t19-,20+,24+,25?,26?,27?,28+/m0/s1. The molecule has 3 rings (SSSR count). The Morgan fingerprint density at radius 1 is 1.07 bits per heavy atom. The van der Waals surface area contributed by atoms with Crippen molar-refractivity contribution < 1.29 is 10.2 Å². The van der Waals surface area contributed by atoms with Gasteiger partial charge in [-0.2, -0.15) is 0 Å². The normalized spacial score (nSPS) is 39.8. The van der Waals surface area contributed by atoms with Gasteiger partial charge in [-0.3, -0.25) is 0 Å². The lowest BCUT2D eigenvalue weighted by Crippen LogP contribution is -2.35. The third-order valence-electron chi connectivity index (χ3n) is 8.71. The molecular weight excluding hydrogens is 368 g/mol. The van der Waals surface area contributed by atoms with Gasteiger partial charge < -0.3 is 10.2 Å². The van der Waals surface area contributed by atoms with E-state index in [1.54, 1.807) is 5.57 Å². The number of fused-ring (bicyclic) bond motifs is 1. The van der Waals surface area contributed by atoms with E-state index in [9.17, 15) is 10.2 Å². The quantitative estimate of drug-likeness (QED) is 0.499. The molecule has 0 saturated heterocycles. The average Bonchev–Trinajstić information content (AvgIpc) is 3.04. The summed E-state index contributed by atoms with van der Waals surface area (Å²) in [5, 5.41) is 20.2. The van der Waals surface area contributed by atoms with E-state index < -0.39 is 12.2 Å². The second-order valence-electron chi connectivity index (χ2n) is 11.0. The van der Waals surface area contributed by atoms with Crippen LogP contribution >= 0.6 is 0 Å². The lowest BCUT2D eigenvalue weighted by Gasteiger charge is -2.44. The molecule has 168 valence electrons. The molecule has 0 radical (unpaired) electrons. The molecule has 0 aromatic rings. The Bertz CT molecular complexity index is 712. The van der Waals surface area contributed by atoms with Crippen molar-refractivity contribution in [2.24, 2.45) is 35.0 Å². The van der Waals surface area contributed by atoms with Gasteiger partial charge in [0.2, 0.25) is 0 Å². The van der Waals surface area contributed by atoms with Crippen molar-refractivity contribution in [2.45, 2.75) is 91.8 Å². The van der Waals surface area contributed by atoms with Crippen molar-refractivity contribution in [3.8, 4) is 0 Å². The maximum Gasteiger partial charge on any atom is 0.0811 e. The van der Waals surface area contributed by atoms with Crippen LogP contribution < -0.4 is 0 Å². The number of rotatable bonds is 5. The summed E-state index contributed by atoms with van der Waals surface area (Å²) >= 11 is 0. The van der Waals surface area contributed by atoms with Gasteiger partial charge >= 0.3 is 0 Å². The molecule has 0 aromatic carbocycles. The highest BCUT2D eigenvalue weighted by Gasteiger charge is 2.50. The van der Waals surface area contributed by atoms with Gasteiger partial charge in [0, 0.05) is 6.42 Å². The number of allylic oxidation sites excluding steroid dienone is 5. The molecule has 7 atom stereocenters. The molecule has 0 heterocycles. The molecule has 3 aliphatic rings. The van der Waals surface area contributed by atoms with Crippen LogP contribution in [0.3, 0.4) is 0 Å². The van der Waals surface area contributed by atoms with Crippen LogP contribution in [0.5, 0.6) is 0 Å². The zero-order chi connectivity index (χ0) is 22.1. The van der Waals surface area contributed by atoms with E-state index in [0.29, 0.717) is 41.9 Å². The van der Waals surface area contributed by atoms with Crippen LogP contribution in [0.4, 0.5) is 0 Å². The van der Waals surface area contributed by atoms with Gasteiger partial charge in [0.25, 0.3) is 0 Å². The van der Waals surface area contributed by atoms with Crippen LogP contribution in [0.15, 0.2) is 47.6 Å². The second kappa shape index (κ2) is 9.57. The van der Waals surface area contributed by atoms with Crippen LogP contribution in [0.1, 0.15) is 79.6 Å². The monoisotopic (exact) mass is 412 g/mol. The number of hydrogen-bond acceptors (Lipinski definition) is 2. The predicted octanol–water partition coefficient (Wildman–Crippen LogP) is 6.61. The van der Waals surface area contributed by atoms with Gasteiger partial charge in [-0.05, 0) is 84.7 Å². The van der Waals surface area contributed by atoms with Crippen LogP contribution in [0.25, 0.3) is 0 Å². The summed E-state index contributed by atoms with van der Waals surface area (Å²) in [6, 6.07) is 0. The first kappa shape index (κ1) is 23.5. The summed E-state index contributed by atoms with van der Waals surface area (Å²) < 4.78 is 0. The molecule has 0 aliphatic heterocycles. The molecule has 3 fully saturated rings. The minimum Gasteiger partial charge on any atom is -0.393 e. The molecule has 2 heteroatoms. The van der Waals surface area contributed by atoms with Gasteiger partial charge in [0.05, 0.1) is 12.2 Å². The van der Waals surface area contributed by atoms with Crippen molar-refractivity contribution in [3.63, 3.8) is 0 Å². The molecule has 2 N–H and O–H groups in total. The Hall–Kier alpha value is -1.12. The highest BCUT2D eigenvalue weighted by Crippen LogP contribution is 2.59. The highest BCUT2D eigenvalue weighted by atomic mass is 16.3. The predicted molar refractivity (Wildman–Crippen MR) is 127 cm³/mol. The van der Waals surface area contributed by atoms with E-state index in [4.69, 9.17) is 0 Å². The third kappa shape index (κ3) is 4.86. The highest BCUT2D eigenvalue weighted by molar-refractivity contribution is 5.38. The van der Waals surface area contributed by atoms with E-state index in [1.165, 1.54) is 32.1 Å². The zero-order valence-electron chi connectivity index (χ0n) is 19.9. The second-order valence-corrected chi connectivity index (χ2v) is 11.0. The Morgan fingerprint density at radius 2 is 1.80 bits per heavy atom. The fourth-order valence-corrected chi connectivity index (χ4v) is 6.32. The van der Waals surface area contributed by atoms with Crippen molar-refractivity contribution >= 4 is 0 Å². The Balaban J connectivity index is 1.76. The lowest BCUT2D eigenvalue weighted by molar-refractivity contribution is 0.0862. The summed E-state index contributed by atoms with van der Waals surface area (Å²) in [4.78, 5) is 0. The van der Waals surface area contributed by atoms with Crippen LogP contribution in [-0.2, 0) is 0 Å². The molecule has 0 aromatic heterocycles. The topological polar surface area (TPSA) is 40.5 Å². The van der Waals surface area contributed by atoms with Gasteiger partial charge in [0.15, 0.2) is 0 Å². The van der Waals surface area contributed by atoms with E-state index in [1.807, 2.05) is 0 Å². The molecule has 0 spiro atoms. The molecule has 0 amide bonds. The molecular formula is C28H44O2. The summed E-state index contributed by atoms with van der Waals surface area (Å²) in [7, 11) is 0. The Morgan fingerprint density at radius 3 is 2.50 bits per heavy atom. The van der Waals surface area contributed by atoms with E-state index in [-0.39, 0.29) is 0 Å². The fourth-order valence-electron chi connectivity index (χ4n) is 6.32. The molecule has 30 heavy (non-hydrogen) atoms. The van der Waals surface area contributed by atoms with Crippen LogP contribution in [-0.4, -0.2) is 22.4 Å². The summed E-state index contributed by atoms with van der Waals surface area (Å²) in [5.74, 6) is 3.38. The van der Waals surface area contributed by atoms with Gasteiger partial charge in [-0.15, -0.1) is 0 Å². The van der Waals surface area contributed by atoms with Crippen molar-refractivity contribution in [1.82, 2.24) is 0 Å². The molecule has 0 bridgehead atoms. The Labute approximate surface area is 184 Å². The number of hydrogen-bond donors (Lipinski definition) is 2. The minimum atomic E-state index is -0.605. The van der Waals surface area contributed by atoms with Crippen LogP contribution in [0.2, 0.25) is 0 Å². The molecule has 3 unspecified atom stereocenters.